The van der Waals surface area contributed by atoms with E-state index >= 15 is 0 Å². The van der Waals surface area contributed by atoms with Gasteiger partial charge in [0.05, 0.1) is 34.9 Å². The molecule has 0 aliphatic heterocycles. The first-order valence-electron chi connectivity index (χ1n) is 6.98. The molecule has 1 N–H and O–H groups in total. The molecule has 1 amide bonds. The largest absolute Gasteiger partial charge is 0.470 e. The van der Waals surface area contributed by atoms with Gasteiger partial charge in [0.1, 0.15) is 17.3 Å². The molecule has 0 unspecified atom stereocenters. The number of carbonyl (C=O) groups excluding carboxylic acids is 1. The van der Waals surface area contributed by atoms with Gasteiger partial charge in [-0.15, -0.1) is 0 Å². The van der Waals surface area contributed by atoms with Crippen LogP contribution in [-0.2, 0) is 6.73 Å². The highest BCUT2D eigenvalue weighted by Crippen LogP contribution is 2.25. The maximum Gasteiger partial charge on any atom is 0.259 e. The summed E-state index contributed by atoms with van der Waals surface area (Å²) in [5, 5.41) is 6.95. The molecule has 3 aromatic rings. The van der Waals surface area contributed by atoms with Crippen LogP contribution >= 0.6 is 11.6 Å². The van der Waals surface area contributed by atoms with Crippen molar-refractivity contribution in [2.75, 3.05) is 5.32 Å². The van der Waals surface area contributed by atoms with Crippen molar-refractivity contribution in [3.05, 3.63) is 65.1 Å². The van der Waals surface area contributed by atoms with E-state index in [2.05, 4.69) is 10.4 Å². The average Bonchev–Trinajstić information content (AvgIpc) is 3.15. The monoisotopic (exact) mass is 349 g/mol. The summed E-state index contributed by atoms with van der Waals surface area (Å²) in [5.74, 6) is 0.150. The van der Waals surface area contributed by atoms with Crippen molar-refractivity contribution in [1.29, 1.82) is 0 Å². The van der Waals surface area contributed by atoms with E-state index < -0.39 is 5.82 Å². The zero-order valence-electron chi connectivity index (χ0n) is 12.6. The molecule has 0 saturated carbocycles. The van der Waals surface area contributed by atoms with Crippen molar-refractivity contribution in [2.24, 2.45) is 0 Å². The Morgan fingerprint density at radius 1 is 1.46 bits per heavy atom. The van der Waals surface area contributed by atoms with Gasteiger partial charge in [-0.2, -0.15) is 5.10 Å². The van der Waals surface area contributed by atoms with E-state index in [0.29, 0.717) is 22.8 Å². The number of aryl methyl sites for hydroxylation is 1. The predicted octanol–water partition coefficient (Wildman–Crippen LogP) is 3.87. The molecule has 1 aromatic carbocycles. The maximum atomic E-state index is 13.0. The van der Waals surface area contributed by atoms with Gasteiger partial charge in [-0.05, 0) is 31.2 Å². The first kappa shape index (κ1) is 16.1. The van der Waals surface area contributed by atoms with Crippen molar-refractivity contribution in [2.45, 2.75) is 13.7 Å². The first-order chi connectivity index (χ1) is 11.5. The number of nitrogens with zero attached hydrogens (tertiary/aromatic N) is 2. The van der Waals surface area contributed by atoms with Crippen LogP contribution in [0.5, 0.6) is 5.75 Å². The molecule has 0 atom stereocenters. The fourth-order valence-corrected chi connectivity index (χ4v) is 2.27. The Bertz CT molecular complexity index is 875. The topological polar surface area (TPSA) is 69.3 Å². The number of aromatic nitrogens is 2. The van der Waals surface area contributed by atoms with Crippen molar-refractivity contribution in [3.8, 4) is 5.75 Å². The van der Waals surface area contributed by atoms with E-state index in [1.165, 1.54) is 35.3 Å². The maximum absolute atomic E-state index is 13.0. The van der Waals surface area contributed by atoms with E-state index in [1.807, 2.05) is 0 Å². The Labute approximate surface area is 141 Å². The molecule has 2 heterocycles. The highest BCUT2D eigenvalue weighted by atomic mass is 35.5. The summed E-state index contributed by atoms with van der Waals surface area (Å²) in [6, 6.07) is 5.45. The normalized spacial score (nSPS) is 10.6. The van der Waals surface area contributed by atoms with Crippen LogP contribution in [0, 0.1) is 12.7 Å². The lowest BCUT2D eigenvalue weighted by molar-refractivity contribution is 0.102. The summed E-state index contributed by atoms with van der Waals surface area (Å²) in [5.41, 5.74) is 0.964. The van der Waals surface area contributed by atoms with Gasteiger partial charge in [-0.3, -0.25) is 4.79 Å². The molecule has 0 aliphatic carbocycles. The summed E-state index contributed by atoms with van der Waals surface area (Å²) in [6.45, 7) is 1.77. The molecule has 0 radical (unpaired) electrons. The Morgan fingerprint density at radius 3 is 3.00 bits per heavy atom. The van der Waals surface area contributed by atoms with Crippen LogP contribution in [0.1, 0.15) is 16.1 Å². The molecular formula is C16H13ClFN3O3. The second kappa shape index (κ2) is 6.76. The Balaban J connectivity index is 1.61. The minimum absolute atomic E-state index is 0.0615. The molecule has 24 heavy (non-hydrogen) atoms. The molecule has 0 aliphatic rings. The summed E-state index contributed by atoms with van der Waals surface area (Å²) >= 11 is 5.88. The van der Waals surface area contributed by atoms with Gasteiger partial charge in [-0.25, -0.2) is 9.07 Å². The van der Waals surface area contributed by atoms with Crippen molar-refractivity contribution in [1.82, 2.24) is 9.78 Å². The second-order valence-electron chi connectivity index (χ2n) is 4.96. The molecule has 6 nitrogen and oxygen atoms in total. The molecule has 3 rings (SSSR count). The number of amides is 1. The van der Waals surface area contributed by atoms with Gasteiger partial charge >= 0.3 is 0 Å². The minimum atomic E-state index is -0.439. The van der Waals surface area contributed by atoms with Gasteiger partial charge < -0.3 is 14.5 Å². The number of hydrogen-bond donors (Lipinski definition) is 1. The van der Waals surface area contributed by atoms with Gasteiger partial charge in [0.25, 0.3) is 5.91 Å². The van der Waals surface area contributed by atoms with Crippen LogP contribution in [0.3, 0.4) is 0 Å². The van der Waals surface area contributed by atoms with Crippen LogP contribution < -0.4 is 10.1 Å². The van der Waals surface area contributed by atoms with Gasteiger partial charge in [0, 0.05) is 0 Å². The van der Waals surface area contributed by atoms with E-state index in [1.54, 1.807) is 19.2 Å². The van der Waals surface area contributed by atoms with E-state index in [0.717, 1.165) is 0 Å². The number of furan rings is 1. The summed E-state index contributed by atoms with van der Waals surface area (Å²) in [6.07, 6.45) is 4.54. The number of nitrogens with one attached hydrogen (secondary N) is 1. The lowest BCUT2D eigenvalue weighted by atomic mass is 10.2. The van der Waals surface area contributed by atoms with E-state index in [4.69, 9.17) is 20.8 Å². The molecular weight excluding hydrogens is 337 g/mol. The van der Waals surface area contributed by atoms with E-state index in [9.17, 15) is 9.18 Å². The van der Waals surface area contributed by atoms with Crippen LogP contribution in [0.4, 0.5) is 10.1 Å². The molecule has 0 saturated heterocycles. The van der Waals surface area contributed by atoms with Crippen molar-refractivity contribution >= 4 is 23.2 Å². The highest BCUT2D eigenvalue weighted by Gasteiger charge is 2.12. The minimum Gasteiger partial charge on any atom is -0.470 e. The van der Waals surface area contributed by atoms with E-state index in [-0.39, 0.29) is 17.7 Å². The zero-order chi connectivity index (χ0) is 17.1. The summed E-state index contributed by atoms with van der Waals surface area (Å²) in [7, 11) is 0. The SMILES string of the molecule is Cc1occc1C(=O)Nc1cnn(COc2ccc(F)cc2Cl)c1. The number of anilines is 1. The third kappa shape index (κ3) is 3.57. The van der Waals surface area contributed by atoms with Crippen molar-refractivity contribution < 1.29 is 18.3 Å². The number of rotatable bonds is 5. The molecule has 0 bridgehead atoms. The van der Waals surface area contributed by atoms with Crippen LogP contribution in [0.2, 0.25) is 5.02 Å². The first-order valence-corrected chi connectivity index (χ1v) is 7.36. The third-order valence-corrected chi connectivity index (χ3v) is 3.54. The lowest BCUT2D eigenvalue weighted by Crippen LogP contribution is -2.11. The number of benzene rings is 1. The third-order valence-electron chi connectivity index (χ3n) is 3.24. The number of hydrogen-bond acceptors (Lipinski definition) is 4. The smallest absolute Gasteiger partial charge is 0.259 e. The average molecular weight is 350 g/mol. The Hall–Kier alpha value is -2.80. The summed E-state index contributed by atoms with van der Waals surface area (Å²) < 4.78 is 25.0. The number of halogens is 2. The molecule has 2 aromatic heterocycles. The van der Waals surface area contributed by atoms with Crippen LogP contribution in [0.15, 0.2) is 47.3 Å². The number of ether oxygens (including phenoxy) is 1. The fourth-order valence-electron chi connectivity index (χ4n) is 2.05. The summed E-state index contributed by atoms with van der Waals surface area (Å²) in [4.78, 5) is 12.1. The van der Waals surface area contributed by atoms with Gasteiger partial charge in [0.2, 0.25) is 0 Å². The predicted molar refractivity (Wildman–Crippen MR) is 85.7 cm³/mol. The Kier molecular flexibility index (Phi) is 4.52. The Morgan fingerprint density at radius 2 is 2.29 bits per heavy atom. The van der Waals surface area contributed by atoms with Gasteiger partial charge in [0.15, 0.2) is 6.73 Å². The fraction of sp³-hybridized carbons (Fsp3) is 0.125. The standard InChI is InChI=1S/C16H13ClFN3O3/c1-10-13(4-5-23-10)16(22)20-12-7-19-21(8-12)9-24-15-3-2-11(18)6-14(15)17/h2-8H,9H2,1H3,(H,20,22). The van der Waals surface area contributed by atoms with Crippen LogP contribution in [-0.4, -0.2) is 15.7 Å². The number of carbonyl (C=O) groups is 1. The lowest BCUT2D eigenvalue weighted by Gasteiger charge is -2.07. The molecule has 0 fully saturated rings. The van der Waals surface area contributed by atoms with Crippen molar-refractivity contribution in [3.63, 3.8) is 0 Å². The van der Waals surface area contributed by atoms with Gasteiger partial charge in [-0.1, -0.05) is 11.6 Å². The molecule has 124 valence electrons. The molecule has 0 spiro atoms. The quantitative estimate of drug-likeness (QED) is 0.759. The van der Waals surface area contributed by atoms with Crippen LogP contribution in [0.25, 0.3) is 0 Å². The zero-order valence-corrected chi connectivity index (χ0v) is 13.4. The highest BCUT2D eigenvalue weighted by molar-refractivity contribution is 6.32. The second-order valence-corrected chi connectivity index (χ2v) is 5.37. The molecule has 8 heteroatoms.